The molecule has 76 valence electrons. The van der Waals surface area contributed by atoms with E-state index in [1.807, 2.05) is 6.92 Å². The van der Waals surface area contributed by atoms with Crippen LogP contribution in [-0.2, 0) is 9.53 Å². The molecule has 14 heavy (non-hydrogen) atoms. The molecule has 0 saturated carbocycles. The minimum atomic E-state index is -0.570. The molecule has 0 rings (SSSR count). The molecule has 0 aromatic heterocycles. The fraction of sp³-hybridized carbons (Fsp3) is 0.625. The highest BCUT2D eigenvalue weighted by atomic mass is 16.5. The van der Waals surface area contributed by atoms with Gasteiger partial charge in [-0.3, -0.25) is 10.5 Å². The van der Waals surface area contributed by atoms with Crippen molar-refractivity contribution in [1.82, 2.24) is 5.43 Å². The minimum Gasteiger partial charge on any atom is -0.464 e. The first-order chi connectivity index (χ1) is 6.61. The minimum absolute atomic E-state index is 0.326. The average molecular weight is 195 g/mol. The number of nitrogens with one attached hydrogen (secondary N) is 1. The van der Waals surface area contributed by atoms with Crippen molar-refractivity contribution in [3.63, 3.8) is 0 Å². The van der Waals surface area contributed by atoms with Gasteiger partial charge in [-0.2, -0.15) is 0 Å². The molecule has 0 bridgehead atoms. The zero-order valence-electron chi connectivity index (χ0n) is 8.49. The Balaban J connectivity index is 4.21. The van der Waals surface area contributed by atoms with Crippen LogP contribution in [0.5, 0.6) is 0 Å². The van der Waals surface area contributed by atoms with Crippen LogP contribution in [0.25, 0.3) is 0 Å². The number of nitrogens with zero attached hydrogens (tertiary/aromatic N) is 2. The molecule has 0 saturated heterocycles. The number of esters is 1. The molecule has 0 aliphatic rings. The maximum absolute atomic E-state index is 11.3. The van der Waals surface area contributed by atoms with Gasteiger partial charge in [0.15, 0.2) is 0 Å². The predicted octanol–water partition coefficient (Wildman–Crippen LogP) is 0.925. The Morgan fingerprint density at radius 3 is 2.79 bits per heavy atom. The Morgan fingerprint density at radius 1 is 1.71 bits per heavy atom. The fourth-order valence-corrected chi connectivity index (χ4v) is 0.876. The smallest absolute Gasteiger partial charge is 0.330 e. The number of hydrogen-bond donors (Lipinski definition) is 1. The van der Waals surface area contributed by atoms with Crippen LogP contribution >= 0.6 is 0 Å². The molecule has 0 aromatic carbocycles. The first kappa shape index (κ1) is 12.7. The van der Waals surface area contributed by atoms with E-state index in [0.29, 0.717) is 13.0 Å². The summed E-state index contributed by atoms with van der Waals surface area (Å²) in [5.74, 6) is -0.386. The highest BCUT2D eigenvalue weighted by Gasteiger charge is 2.18. The van der Waals surface area contributed by atoms with Crippen LogP contribution in [0.4, 0.5) is 0 Å². The van der Waals surface area contributed by atoms with Crippen molar-refractivity contribution in [2.24, 2.45) is 10.2 Å². The lowest BCUT2D eigenvalue weighted by molar-refractivity contribution is -0.145. The van der Waals surface area contributed by atoms with Crippen molar-refractivity contribution < 1.29 is 9.53 Å². The van der Waals surface area contributed by atoms with Crippen LogP contribution in [0.3, 0.4) is 0 Å². The van der Waals surface area contributed by atoms with Crippen LogP contribution in [0.2, 0.25) is 0 Å². The second kappa shape index (κ2) is 7.11. The summed E-state index contributed by atoms with van der Waals surface area (Å²) in [6, 6.07) is -0.570. The molecule has 0 aliphatic heterocycles. The molecule has 5 nitrogen and oxygen atoms in total. The monoisotopic (exact) mass is 195 g/mol. The zero-order valence-corrected chi connectivity index (χ0v) is 8.49. The van der Waals surface area contributed by atoms with E-state index >= 15 is 0 Å². The summed E-state index contributed by atoms with van der Waals surface area (Å²) >= 11 is 0. The van der Waals surface area contributed by atoms with Crippen LogP contribution in [0.1, 0.15) is 20.3 Å². The van der Waals surface area contributed by atoms with E-state index in [1.54, 1.807) is 6.92 Å². The molecular weight excluding hydrogens is 181 g/mol. The van der Waals surface area contributed by atoms with Crippen molar-refractivity contribution in [2.45, 2.75) is 26.3 Å². The van der Waals surface area contributed by atoms with Crippen LogP contribution in [0, 0.1) is 0 Å². The van der Waals surface area contributed by atoms with Gasteiger partial charge >= 0.3 is 5.97 Å². The number of ether oxygens (including phenoxy) is 1. The van der Waals surface area contributed by atoms with Crippen LogP contribution < -0.4 is 5.43 Å². The van der Waals surface area contributed by atoms with Gasteiger partial charge in [-0.1, -0.05) is 10.8 Å². The molecule has 0 aromatic rings. The maximum atomic E-state index is 11.3. The standard InChI is InChI=1S/C8H14BN3O2/c1-4-14-8(13)7(5-6(2)3)10-12-11-9/h7H,2,4-5H2,1,3H3,(H,10,11)/t7-/m1/s1. The van der Waals surface area contributed by atoms with Crippen LogP contribution in [0.15, 0.2) is 22.4 Å². The third-order valence-electron chi connectivity index (χ3n) is 1.40. The molecule has 0 fully saturated rings. The van der Waals surface area contributed by atoms with Crippen molar-refractivity contribution >= 4 is 14.0 Å². The number of carbonyl (C=O) groups excluding carboxylic acids is 1. The normalized spacial score (nSPS) is 12.4. The van der Waals surface area contributed by atoms with Crippen molar-refractivity contribution in [1.29, 1.82) is 0 Å². The molecule has 2 radical (unpaired) electrons. The lowest BCUT2D eigenvalue weighted by atomic mass is 10.1. The van der Waals surface area contributed by atoms with E-state index in [-0.39, 0.29) is 5.97 Å². The van der Waals surface area contributed by atoms with Crippen LogP contribution in [-0.4, -0.2) is 26.6 Å². The largest absolute Gasteiger partial charge is 0.464 e. The molecule has 6 heteroatoms. The maximum Gasteiger partial charge on any atom is 0.330 e. The summed E-state index contributed by atoms with van der Waals surface area (Å²) in [6.07, 6.45) is 0.442. The average Bonchev–Trinajstić information content (AvgIpc) is 2.12. The van der Waals surface area contributed by atoms with Crippen molar-refractivity contribution in [2.75, 3.05) is 6.61 Å². The number of hydrogen-bond acceptors (Lipinski definition) is 4. The summed E-state index contributed by atoms with van der Waals surface area (Å²) in [4.78, 5) is 11.3. The van der Waals surface area contributed by atoms with Gasteiger partial charge in [-0.15, -0.1) is 6.58 Å². The molecule has 0 heterocycles. The zero-order chi connectivity index (χ0) is 11.0. The van der Waals surface area contributed by atoms with E-state index in [0.717, 1.165) is 5.57 Å². The number of carbonyl (C=O) groups is 1. The van der Waals surface area contributed by atoms with Gasteiger partial charge in [0.25, 0.3) is 7.98 Å². The van der Waals surface area contributed by atoms with Gasteiger partial charge in [-0.05, 0) is 13.8 Å². The lowest BCUT2D eigenvalue weighted by Crippen LogP contribution is -2.35. The summed E-state index contributed by atoms with van der Waals surface area (Å²) in [5, 5.41) is 6.34. The van der Waals surface area contributed by atoms with E-state index < -0.39 is 6.04 Å². The van der Waals surface area contributed by atoms with Gasteiger partial charge in [-0.25, -0.2) is 4.79 Å². The third-order valence-corrected chi connectivity index (χ3v) is 1.40. The molecule has 0 spiro atoms. The summed E-state index contributed by atoms with van der Waals surface area (Å²) in [5.41, 5.74) is 3.33. The highest BCUT2D eigenvalue weighted by molar-refractivity contribution is 6.04. The second-order valence-electron chi connectivity index (χ2n) is 2.81. The third kappa shape index (κ3) is 5.34. The van der Waals surface area contributed by atoms with E-state index in [9.17, 15) is 4.79 Å². The van der Waals surface area contributed by atoms with Gasteiger partial charge in [0.1, 0.15) is 6.04 Å². The molecule has 0 unspecified atom stereocenters. The molecule has 1 N–H and O–H groups in total. The Labute approximate surface area is 85.0 Å². The summed E-state index contributed by atoms with van der Waals surface area (Å²) in [7, 11) is 4.80. The van der Waals surface area contributed by atoms with E-state index in [2.05, 4.69) is 22.3 Å². The highest BCUT2D eigenvalue weighted by Crippen LogP contribution is 2.04. The molecule has 0 amide bonds. The van der Waals surface area contributed by atoms with Gasteiger partial charge in [0, 0.05) is 6.42 Å². The predicted molar refractivity (Wildman–Crippen MR) is 53.6 cm³/mol. The molecule has 0 aliphatic carbocycles. The molecule has 1 atom stereocenters. The Hall–Kier alpha value is -1.33. The topological polar surface area (TPSA) is 63.0 Å². The summed E-state index contributed by atoms with van der Waals surface area (Å²) in [6.45, 7) is 7.57. The van der Waals surface area contributed by atoms with E-state index in [4.69, 9.17) is 12.7 Å². The quantitative estimate of drug-likeness (QED) is 0.225. The van der Waals surface area contributed by atoms with Gasteiger partial charge in [0.05, 0.1) is 6.61 Å². The molecular formula is C8H14BN3O2. The Kier molecular flexibility index (Phi) is 6.44. The first-order valence-corrected chi connectivity index (χ1v) is 4.28. The Morgan fingerprint density at radius 2 is 2.36 bits per heavy atom. The Bertz CT molecular complexity index is 231. The van der Waals surface area contributed by atoms with Crippen molar-refractivity contribution in [3.05, 3.63) is 12.2 Å². The first-order valence-electron chi connectivity index (χ1n) is 4.28. The van der Waals surface area contributed by atoms with Crippen molar-refractivity contribution in [3.8, 4) is 0 Å². The van der Waals surface area contributed by atoms with Gasteiger partial charge in [0.2, 0.25) is 0 Å². The lowest BCUT2D eigenvalue weighted by Gasteiger charge is -2.13. The SMILES string of the molecule is [B]N=NN[C@H](CC(=C)C)C(=O)OCC. The second-order valence-corrected chi connectivity index (χ2v) is 2.81. The summed E-state index contributed by atoms with van der Waals surface area (Å²) < 4.78 is 4.82. The van der Waals surface area contributed by atoms with E-state index in [1.165, 1.54) is 0 Å². The number of rotatable bonds is 6. The fourth-order valence-electron chi connectivity index (χ4n) is 0.876. The van der Waals surface area contributed by atoms with Gasteiger partial charge < -0.3 is 4.74 Å².